The van der Waals surface area contributed by atoms with Gasteiger partial charge in [0.25, 0.3) is 0 Å². The van der Waals surface area contributed by atoms with Gasteiger partial charge in [-0.3, -0.25) is 0 Å². The molecule has 3 aromatic rings. The van der Waals surface area contributed by atoms with Crippen LogP contribution in [0.25, 0.3) is 0 Å². The monoisotopic (exact) mass is 491 g/mol. The van der Waals surface area contributed by atoms with E-state index < -0.39 is 0 Å². The van der Waals surface area contributed by atoms with E-state index in [1.165, 1.54) is 25.1 Å². The Morgan fingerprint density at radius 1 is 1.06 bits per heavy atom. The van der Waals surface area contributed by atoms with Crippen LogP contribution in [0, 0.1) is 6.92 Å². The summed E-state index contributed by atoms with van der Waals surface area (Å²) < 4.78 is 1.37. The summed E-state index contributed by atoms with van der Waals surface area (Å²) in [5, 5.41) is 3.72. The van der Waals surface area contributed by atoms with Crippen LogP contribution >= 0.6 is 47.9 Å². The molecule has 1 fully saturated rings. The third kappa shape index (κ3) is 5.47. The molecule has 1 atom stereocenters. The number of hydrogen-bond donors (Lipinski definition) is 1. The number of nitrogens with zero attached hydrogens (tertiary/aromatic N) is 2. The van der Waals surface area contributed by atoms with Crippen LogP contribution in [0.15, 0.2) is 74.8 Å². The van der Waals surface area contributed by atoms with Crippen LogP contribution in [0.5, 0.6) is 0 Å². The lowest BCUT2D eigenvalue weighted by Crippen LogP contribution is -2.52. The van der Waals surface area contributed by atoms with E-state index in [0.717, 1.165) is 44.0 Å². The summed E-state index contributed by atoms with van der Waals surface area (Å²) in [6.07, 6.45) is 2.26. The SMILES string of the molecule is Cc1cc2c(s1)Sc1ccccc1N=C2N1CCN[C@@H](CCc2ccccc2)C1.Cl.Cl. The fourth-order valence-corrected chi connectivity index (χ4v) is 6.46. The van der Waals surface area contributed by atoms with Gasteiger partial charge in [0.05, 0.1) is 9.90 Å². The van der Waals surface area contributed by atoms with Crippen molar-refractivity contribution in [1.82, 2.24) is 10.2 Å². The van der Waals surface area contributed by atoms with Crippen LogP contribution in [-0.2, 0) is 6.42 Å². The van der Waals surface area contributed by atoms with Gasteiger partial charge in [-0.25, -0.2) is 4.99 Å². The van der Waals surface area contributed by atoms with Crippen molar-refractivity contribution < 1.29 is 0 Å². The topological polar surface area (TPSA) is 27.6 Å². The second-order valence-electron chi connectivity index (χ2n) is 7.68. The molecule has 2 aliphatic heterocycles. The number of nitrogens with one attached hydrogen (secondary N) is 1. The Balaban J connectivity index is 0.00000136. The van der Waals surface area contributed by atoms with E-state index >= 15 is 0 Å². The second-order valence-corrected chi connectivity index (χ2v) is 10.3. The number of para-hydroxylation sites is 1. The molecule has 2 aromatic carbocycles. The van der Waals surface area contributed by atoms with Crippen LogP contribution < -0.4 is 5.32 Å². The number of aliphatic imine (C=N–C) groups is 1. The number of amidine groups is 1. The number of piperazine rings is 1. The Kier molecular flexibility index (Phi) is 8.48. The predicted molar refractivity (Wildman–Crippen MR) is 138 cm³/mol. The van der Waals surface area contributed by atoms with Gasteiger partial charge in [-0.1, -0.05) is 54.2 Å². The maximum atomic E-state index is 5.17. The molecule has 0 amide bonds. The molecule has 1 saturated heterocycles. The first-order valence-corrected chi connectivity index (χ1v) is 11.9. The Hall–Kier alpha value is -1.50. The molecule has 2 aliphatic rings. The van der Waals surface area contributed by atoms with E-state index in [0.29, 0.717) is 6.04 Å². The first-order chi connectivity index (χ1) is 14.3. The van der Waals surface area contributed by atoms with Gasteiger partial charge in [-0.2, -0.15) is 0 Å². The molecule has 3 nitrogen and oxygen atoms in total. The molecule has 0 radical (unpaired) electrons. The van der Waals surface area contributed by atoms with Gasteiger partial charge in [0, 0.05) is 41.0 Å². The van der Waals surface area contributed by atoms with Crippen molar-refractivity contribution in [1.29, 1.82) is 0 Å². The lowest BCUT2D eigenvalue weighted by atomic mass is 10.0. The average Bonchev–Trinajstić information content (AvgIpc) is 3.04. The molecule has 1 N–H and O–H groups in total. The van der Waals surface area contributed by atoms with Gasteiger partial charge in [-0.15, -0.1) is 36.2 Å². The Morgan fingerprint density at radius 2 is 1.84 bits per heavy atom. The van der Waals surface area contributed by atoms with E-state index in [-0.39, 0.29) is 24.8 Å². The highest BCUT2D eigenvalue weighted by molar-refractivity contribution is 8.01. The molecule has 3 heterocycles. The molecule has 0 aliphatic carbocycles. The fraction of sp³-hybridized carbons (Fsp3) is 0.292. The standard InChI is InChI=1S/C24H25N3S2.2ClH/c1-17-15-20-23(26-21-9-5-6-10-22(21)29-24(20)28-17)27-14-13-25-19(16-27)12-11-18-7-3-2-4-8-18;;/h2-10,15,19,25H,11-14,16H2,1H3;2*1H/t19-;;/m0../s1. The molecular weight excluding hydrogens is 465 g/mol. The minimum Gasteiger partial charge on any atom is -0.353 e. The zero-order chi connectivity index (χ0) is 19.6. The molecular formula is C24H27Cl2N3S2. The number of aryl methyl sites for hydroxylation is 2. The Labute approximate surface area is 205 Å². The normalized spacial score (nSPS) is 17.4. The smallest absolute Gasteiger partial charge is 0.138 e. The van der Waals surface area contributed by atoms with Crippen LogP contribution in [0.1, 0.15) is 22.4 Å². The lowest BCUT2D eigenvalue weighted by Gasteiger charge is -2.36. The molecule has 31 heavy (non-hydrogen) atoms. The molecule has 7 heteroatoms. The highest BCUT2D eigenvalue weighted by atomic mass is 35.5. The van der Waals surface area contributed by atoms with Crippen LogP contribution in [0.4, 0.5) is 5.69 Å². The van der Waals surface area contributed by atoms with Gasteiger partial charge in [0.1, 0.15) is 5.84 Å². The number of thiophene rings is 1. The van der Waals surface area contributed by atoms with E-state index in [1.54, 1.807) is 0 Å². The summed E-state index contributed by atoms with van der Waals surface area (Å²) in [6, 6.07) is 22.1. The quantitative estimate of drug-likeness (QED) is 0.462. The second kappa shape index (κ2) is 10.9. The average molecular weight is 493 g/mol. The fourth-order valence-electron chi connectivity index (χ4n) is 4.07. The molecule has 0 unspecified atom stereocenters. The molecule has 0 spiro atoms. The van der Waals surface area contributed by atoms with Gasteiger partial charge < -0.3 is 10.2 Å². The predicted octanol–water partition coefficient (Wildman–Crippen LogP) is 6.35. The zero-order valence-corrected chi connectivity index (χ0v) is 20.7. The van der Waals surface area contributed by atoms with Crippen molar-refractivity contribution in [3.63, 3.8) is 0 Å². The maximum absolute atomic E-state index is 5.17. The number of rotatable bonds is 3. The van der Waals surface area contributed by atoms with Gasteiger partial charge >= 0.3 is 0 Å². The number of fused-ring (bicyclic) bond motifs is 2. The van der Waals surface area contributed by atoms with Crippen LogP contribution in [0.2, 0.25) is 0 Å². The van der Waals surface area contributed by atoms with E-state index in [9.17, 15) is 0 Å². The summed E-state index contributed by atoms with van der Waals surface area (Å²) in [4.78, 5) is 10.3. The maximum Gasteiger partial charge on any atom is 0.138 e. The highest BCUT2D eigenvalue weighted by Gasteiger charge is 2.27. The van der Waals surface area contributed by atoms with Crippen molar-refractivity contribution in [3.05, 3.63) is 76.7 Å². The van der Waals surface area contributed by atoms with E-state index in [1.807, 2.05) is 23.1 Å². The first kappa shape index (κ1) is 24.1. The summed E-state index contributed by atoms with van der Waals surface area (Å²) in [5.74, 6) is 1.15. The van der Waals surface area contributed by atoms with Gasteiger partial charge in [0.15, 0.2) is 0 Å². The van der Waals surface area contributed by atoms with E-state index in [4.69, 9.17) is 4.99 Å². The molecule has 5 rings (SSSR count). The van der Waals surface area contributed by atoms with E-state index in [2.05, 4.69) is 77.8 Å². The first-order valence-electron chi connectivity index (χ1n) is 10.2. The Morgan fingerprint density at radius 3 is 2.68 bits per heavy atom. The summed E-state index contributed by atoms with van der Waals surface area (Å²) in [6.45, 7) is 5.21. The largest absolute Gasteiger partial charge is 0.353 e. The van der Waals surface area contributed by atoms with Crippen molar-refractivity contribution in [2.75, 3.05) is 19.6 Å². The van der Waals surface area contributed by atoms with Crippen LogP contribution in [-0.4, -0.2) is 36.4 Å². The van der Waals surface area contributed by atoms with Crippen molar-refractivity contribution in [3.8, 4) is 0 Å². The molecule has 1 aromatic heterocycles. The van der Waals surface area contributed by atoms with Crippen molar-refractivity contribution >= 4 is 59.4 Å². The number of halogens is 2. The van der Waals surface area contributed by atoms with Gasteiger partial charge in [0.2, 0.25) is 0 Å². The summed E-state index contributed by atoms with van der Waals surface area (Å²) in [5.41, 5.74) is 3.81. The molecule has 0 bridgehead atoms. The summed E-state index contributed by atoms with van der Waals surface area (Å²) in [7, 11) is 0. The number of benzene rings is 2. The number of hydrogen-bond acceptors (Lipinski definition) is 5. The third-order valence-electron chi connectivity index (χ3n) is 5.54. The molecule has 164 valence electrons. The molecule has 0 saturated carbocycles. The Bertz CT molecular complexity index is 1040. The minimum atomic E-state index is 0. The lowest BCUT2D eigenvalue weighted by molar-refractivity contribution is 0.282. The minimum absolute atomic E-state index is 0. The van der Waals surface area contributed by atoms with Crippen molar-refractivity contribution in [2.45, 2.75) is 34.9 Å². The van der Waals surface area contributed by atoms with Crippen molar-refractivity contribution in [2.24, 2.45) is 4.99 Å². The highest BCUT2D eigenvalue weighted by Crippen LogP contribution is 2.44. The zero-order valence-electron chi connectivity index (χ0n) is 17.4. The summed E-state index contributed by atoms with van der Waals surface area (Å²) >= 11 is 3.74. The van der Waals surface area contributed by atoms with Crippen LogP contribution in [0.3, 0.4) is 0 Å². The van der Waals surface area contributed by atoms with Gasteiger partial charge in [-0.05, 0) is 43.5 Å². The third-order valence-corrected chi connectivity index (χ3v) is 7.85.